The maximum absolute atomic E-state index is 8.62. The Labute approximate surface area is 84.6 Å². The van der Waals surface area contributed by atoms with Crippen molar-refractivity contribution < 1.29 is 9.47 Å². The van der Waals surface area contributed by atoms with Gasteiger partial charge in [-0.2, -0.15) is 5.26 Å². The summed E-state index contributed by atoms with van der Waals surface area (Å²) in [6, 6.07) is 2.10. The molecule has 1 rings (SSSR count). The van der Waals surface area contributed by atoms with E-state index in [0.29, 0.717) is 6.42 Å². The molecule has 0 fully saturated rings. The van der Waals surface area contributed by atoms with E-state index >= 15 is 0 Å². The number of hydrogen-bond acceptors (Lipinski definition) is 3. The Bertz CT molecular complexity index is 255. The van der Waals surface area contributed by atoms with Crippen molar-refractivity contribution in [2.75, 3.05) is 7.11 Å². The fourth-order valence-corrected chi connectivity index (χ4v) is 1.49. The molecule has 3 atom stereocenters. The molecule has 0 saturated carbocycles. The number of hydrogen-bond donors (Lipinski definition) is 0. The molecule has 0 unspecified atom stereocenters. The summed E-state index contributed by atoms with van der Waals surface area (Å²) >= 11 is 0. The third-order valence-electron chi connectivity index (χ3n) is 2.20. The van der Waals surface area contributed by atoms with Crippen LogP contribution in [-0.2, 0) is 9.47 Å². The number of ether oxygens (including phenoxy) is 2. The minimum atomic E-state index is -0.153. The van der Waals surface area contributed by atoms with Crippen molar-refractivity contribution in [3.63, 3.8) is 0 Å². The predicted octanol–water partition coefficient (Wildman–Crippen LogP) is 1.81. The largest absolute Gasteiger partial charge is 0.375 e. The van der Waals surface area contributed by atoms with Gasteiger partial charge in [0.15, 0.2) is 0 Å². The number of nitriles is 1. The Morgan fingerprint density at radius 2 is 2.43 bits per heavy atom. The first-order valence-corrected chi connectivity index (χ1v) is 4.66. The van der Waals surface area contributed by atoms with E-state index in [-0.39, 0.29) is 18.3 Å². The molecule has 14 heavy (non-hydrogen) atoms. The molecule has 0 aliphatic carbocycles. The van der Waals surface area contributed by atoms with Gasteiger partial charge in [-0.1, -0.05) is 18.2 Å². The van der Waals surface area contributed by atoms with Crippen LogP contribution in [0, 0.1) is 11.3 Å². The van der Waals surface area contributed by atoms with Gasteiger partial charge in [-0.15, -0.1) is 6.58 Å². The molecule has 0 radical (unpaired) electrons. The second-order valence-electron chi connectivity index (χ2n) is 3.18. The van der Waals surface area contributed by atoms with Gasteiger partial charge >= 0.3 is 0 Å². The molecular formula is C11H15NO2. The standard InChI is InChI=1S/C11H15NO2/c1-3-4-9-5-6-10(13-2)11(14-9)7-8-12/h3,5-6,9-11H,1,4,7H2,2H3/t9-,10+,11-/m1/s1. The van der Waals surface area contributed by atoms with Crippen molar-refractivity contribution >= 4 is 0 Å². The van der Waals surface area contributed by atoms with Gasteiger partial charge in [0, 0.05) is 7.11 Å². The van der Waals surface area contributed by atoms with Crippen molar-refractivity contribution in [2.24, 2.45) is 0 Å². The number of nitrogens with zero attached hydrogens (tertiary/aromatic N) is 1. The first-order chi connectivity index (χ1) is 6.81. The smallest absolute Gasteiger partial charge is 0.102 e. The SMILES string of the molecule is C=CC[C@@H]1C=C[C@H](OC)[C@@H](CC#N)O1. The zero-order valence-corrected chi connectivity index (χ0v) is 8.35. The van der Waals surface area contributed by atoms with Crippen molar-refractivity contribution in [3.05, 3.63) is 24.8 Å². The summed E-state index contributed by atoms with van der Waals surface area (Å²) in [5, 5.41) is 8.62. The van der Waals surface area contributed by atoms with E-state index in [4.69, 9.17) is 14.7 Å². The summed E-state index contributed by atoms with van der Waals surface area (Å²) in [5.74, 6) is 0. The molecular weight excluding hydrogens is 178 g/mol. The topological polar surface area (TPSA) is 42.2 Å². The minimum Gasteiger partial charge on any atom is -0.375 e. The summed E-state index contributed by atoms with van der Waals surface area (Å²) in [6.07, 6.45) is 6.65. The molecule has 0 N–H and O–H groups in total. The molecule has 0 bridgehead atoms. The summed E-state index contributed by atoms with van der Waals surface area (Å²) in [6.45, 7) is 3.65. The zero-order chi connectivity index (χ0) is 10.4. The van der Waals surface area contributed by atoms with E-state index in [0.717, 1.165) is 6.42 Å². The fraction of sp³-hybridized carbons (Fsp3) is 0.545. The maximum atomic E-state index is 8.62. The molecule has 0 aromatic rings. The second kappa shape index (κ2) is 5.58. The van der Waals surface area contributed by atoms with Crippen LogP contribution < -0.4 is 0 Å². The summed E-state index contributed by atoms with van der Waals surface area (Å²) in [5.41, 5.74) is 0. The van der Waals surface area contributed by atoms with Crippen molar-refractivity contribution in [1.29, 1.82) is 5.26 Å². The molecule has 76 valence electrons. The number of rotatable bonds is 4. The Morgan fingerprint density at radius 1 is 1.64 bits per heavy atom. The van der Waals surface area contributed by atoms with Gasteiger partial charge in [-0.05, 0) is 6.42 Å². The molecule has 0 saturated heterocycles. The number of methoxy groups -OCH3 is 1. The highest BCUT2D eigenvalue weighted by molar-refractivity contribution is 5.05. The first-order valence-electron chi connectivity index (χ1n) is 4.66. The van der Waals surface area contributed by atoms with Gasteiger partial charge in [-0.3, -0.25) is 0 Å². The Morgan fingerprint density at radius 3 is 3.00 bits per heavy atom. The molecule has 3 heteroatoms. The average Bonchev–Trinajstić information content (AvgIpc) is 2.19. The van der Waals surface area contributed by atoms with Crippen LogP contribution in [0.4, 0.5) is 0 Å². The monoisotopic (exact) mass is 193 g/mol. The Balaban J connectivity index is 2.60. The average molecular weight is 193 g/mol. The van der Waals surface area contributed by atoms with E-state index in [1.54, 1.807) is 7.11 Å². The lowest BCUT2D eigenvalue weighted by molar-refractivity contribution is -0.0659. The van der Waals surface area contributed by atoms with Crippen LogP contribution in [-0.4, -0.2) is 25.4 Å². The van der Waals surface area contributed by atoms with Crippen LogP contribution >= 0.6 is 0 Å². The van der Waals surface area contributed by atoms with Gasteiger partial charge < -0.3 is 9.47 Å². The molecule has 0 aromatic heterocycles. The van der Waals surface area contributed by atoms with E-state index in [1.165, 1.54) is 0 Å². The van der Waals surface area contributed by atoms with Crippen molar-refractivity contribution in [3.8, 4) is 6.07 Å². The molecule has 0 aromatic carbocycles. The lowest BCUT2D eigenvalue weighted by atomic mass is 10.0. The van der Waals surface area contributed by atoms with Crippen molar-refractivity contribution in [2.45, 2.75) is 31.2 Å². The van der Waals surface area contributed by atoms with Gasteiger partial charge in [0.05, 0.1) is 18.6 Å². The lowest BCUT2D eigenvalue weighted by Crippen LogP contribution is -2.36. The quantitative estimate of drug-likeness (QED) is 0.639. The van der Waals surface area contributed by atoms with Crippen LogP contribution in [0.5, 0.6) is 0 Å². The van der Waals surface area contributed by atoms with Gasteiger partial charge in [0.2, 0.25) is 0 Å². The lowest BCUT2D eigenvalue weighted by Gasteiger charge is -2.29. The van der Waals surface area contributed by atoms with Crippen LogP contribution in [0.3, 0.4) is 0 Å². The van der Waals surface area contributed by atoms with Crippen LogP contribution in [0.25, 0.3) is 0 Å². The Kier molecular flexibility index (Phi) is 4.37. The molecule has 0 spiro atoms. The van der Waals surface area contributed by atoms with E-state index in [2.05, 4.69) is 12.6 Å². The third-order valence-corrected chi connectivity index (χ3v) is 2.20. The maximum Gasteiger partial charge on any atom is 0.102 e. The third kappa shape index (κ3) is 2.69. The highest BCUT2D eigenvalue weighted by atomic mass is 16.5. The first kappa shape index (κ1) is 11.0. The molecule has 1 heterocycles. The van der Waals surface area contributed by atoms with E-state index < -0.39 is 0 Å². The highest BCUT2D eigenvalue weighted by Crippen LogP contribution is 2.19. The highest BCUT2D eigenvalue weighted by Gasteiger charge is 2.26. The predicted molar refractivity (Wildman–Crippen MR) is 53.6 cm³/mol. The molecule has 0 amide bonds. The van der Waals surface area contributed by atoms with Crippen LogP contribution in [0.15, 0.2) is 24.8 Å². The van der Waals surface area contributed by atoms with Gasteiger partial charge in [-0.25, -0.2) is 0 Å². The molecule has 1 aliphatic rings. The van der Waals surface area contributed by atoms with Crippen LogP contribution in [0.1, 0.15) is 12.8 Å². The fourth-order valence-electron chi connectivity index (χ4n) is 1.49. The normalized spacial score (nSPS) is 31.0. The van der Waals surface area contributed by atoms with Gasteiger partial charge in [0.1, 0.15) is 12.2 Å². The molecule has 3 nitrogen and oxygen atoms in total. The summed E-state index contributed by atoms with van der Waals surface area (Å²) in [4.78, 5) is 0. The van der Waals surface area contributed by atoms with Crippen molar-refractivity contribution in [1.82, 2.24) is 0 Å². The summed E-state index contributed by atoms with van der Waals surface area (Å²) in [7, 11) is 1.62. The summed E-state index contributed by atoms with van der Waals surface area (Å²) < 4.78 is 10.9. The second-order valence-corrected chi connectivity index (χ2v) is 3.18. The zero-order valence-electron chi connectivity index (χ0n) is 8.35. The van der Waals surface area contributed by atoms with E-state index in [9.17, 15) is 0 Å². The molecule has 1 aliphatic heterocycles. The van der Waals surface area contributed by atoms with Crippen LogP contribution in [0.2, 0.25) is 0 Å². The van der Waals surface area contributed by atoms with Gasteiger partial charge in [0.25, 0.3) is 0 Å². The minimum absolute atomic E-state index is 0.0391. The van der Waals surface area contributed by atoms with E-state index in [1.807, 2.05) is 18.2 Å². The Hall–Kier alpha value is -1.11.